The van der Waals surface area contributed by atoms with E-state index in [2.05, 4.69) is 6.07 Å². The predicted octanol–water partition coefficient (Wildman–Crippen LogP) is 0.451. The Kier molecular flexibility index (Phi) is 5.40. The van der Waals surface area contributed by atoms with E-state index in [-0.39, 0.29) is 29.6 Å². The van der Waals surface area contributed by atoms with Gasteiger partial charge in [-0.3, -0.25) is 0 Å². The number of rotatable bonds is 0. The summed E-state index contributed by atoms with van der Waals surface area (Å²) in [6.07, 6.45) is 0. The van der Waals surface area contributed by atoms with Crippen molar-refractivity contribution in [2.45, 2.75) is 0 Å². The average Bonchev–Trinajstić information content (AvgIpc) is 1.80. The Balaban J connectivity index is 0.000000810. The first kappa shape index (κ1) is 11.1. The smallest absolute Gasteiger partial charge is 0.165 e. The molecular weight excluding hydrogens is 201 g/mol. The van der Waals surface area contributed by atoms with Gasteiger partial charge in [-0.05, 0) is 5.02 Å². The van der Waals surface area contributed by atoms with E-state index in [0.29, 0.717) is 15.1 Å². The van der Waals surface area contributed by atoms with Gasteiger partial charge in [-0.25, -0.2) is 0 Å². The van der Waals surface area contributed by atoms with E-state index in [1.807, 2.05) is 0 Å². The molecule has 0 N–H and O–H groups in total. The molecule has 0 saturated heterocycles. The maximum Gasteiger partial charge on any atom is 1.00 e. The summed E-state index contributed by atoms with van der Waals surface area (Å²) in [6.45, 7) is 0. The average molecular weight is 203 g/mol. The van der Waals surface area contributed by atoms with E-state index in [1.165, 1.54) is 6.07 Å². The minimum absolute atomic E-state index is 0. The van der Waals surface area contributed by atoms with E-state index in [1.54, 1.807) is 6.07 Å². The number of hydrogen-bond acceptors (Lipinski definition) is 0. The molecule has 0 aromatic heterocycles. The van der Waals surface area contributed by atoms with Crippen molar-refractivity contribution < 1.29 is 29.6 Å². The van der Waals surface area contributed by atoms with Gasteiger partial charge < -0.3 is 0 Å². The van der Waals surface area contributed by atoms with Crippen molar-refractivity contribution in [1.29, 1.82) is 0 Å². The fraction of sp³-hybridized carbons (Fsp3) is 0. The van der Waals surface area contributed by atoms with E-state index in [9.17, 15) is 0 Å². The second kappa shape index (κ2) is 4.87. The molecule has 48 valence electrons. The van der Waals surface area contributed by atoms with Gasteiger partial charge in [0.15, 0.2) is 0 Å². The minimum atomic E-state index is 0. The molecule has 0 heterocycles. The summed E-state index contributed by atoms with van der Waals surface area (Å²) < 4.78 is 0. The van der Waals surface area contributed by atoms with Gasteiger partial charge in [0, 0.05) is 0 Å². The molecule has 0 aliphatic rings. The van der Waals surface area contributed by atoms with Crippen molar-refractivity contribution in [3.63, 3.8) is 0 Å². The van der Waals surface area contributed by atoms with Crippen LogP contribution in [0.5, 0.6) is 0 Å². The Labute approximate surface area is 96.8 Å². The largest absolute Gasteiger partial charge is 1.00 e. The first-order valence-electron chi connectivity index (χ1n) is 2.22. The van der Waals surface area contributed by atoms with E-state index < -0.39 is 0 Å². The fourth-order valence-corrected chi connectivity index (χ4v) is 0.915. The van der Waals surface area contributed by atoms with Crippen molar-refractivity contribution in [2.24, 2.45) is 0 Å². The Morgan fingerprint density at radius 2 is 1.70 bits per heavy atom. The Bertz CT molecular complexity index is 224. The van der Waals surface area contributed by atoms with Crippen LogP contribution in [0.4, 0.5) is 0 Å². The second-order valence-corrected chi connectivity index (χ2v) is 2.70. The van der Waals surface area contributed by atoms with Gasteiger partial charge in [0.2, 0.25) is 0 Å². The van der Waals surface area contributed by atoms with Crippen LogP contribution in [-0.2, 0) is 0 Å². The van der Waals surface area contributed by atoms with Crippen LogP contribution in [0.25, 0.3) is 0 Å². The minimum Gasteiger partial charge on any atom is -0.165 e. The first-order chi connectivity index (χ1) is 4.20. The van der Waals surface area contributed by atoms with Crippen molar-refractivity contribution in [2.75, 3.05) is 0 Å². The predicted molar refractivity (Wildman–Crippen MR) is 40.3 cm³/mol. The van der Waals surface area contributed by atoms with Crippen LogP contribution in [0.15, 0.2) is 12.1 Å². The maximum absolute atomic E-state index is 5.58. The van der Waals surface area contributed by atoms with Gasteiger partial charge in [0.25, 0.3) is 0 Å². The van der Waals surface area contributed by atoms with Crippen LogP contribution < -0.4 is 29.6 Å². The van der Waals surface area contributed by atoms with Gasteiger partial charge in [0.05, 0.1) is 0 Å². The van der Waals surface area contributed by atoms with Crippen molar-refractivity contribution >= 4 is 34.8 Å². The molecule has 1 aromatic rings. The molecule has 1 aromatic carbocycles. The fourth-order valence-electron chi connectivity index (χ4n) is 0.423. The normalized spacial score (nSPS) is 8.70. The molecule has 0 amide bonds. The molecule has 0 saturated carbocycles. The van der Waals surface area contributed by atoms with Gasteiger partial charge >= 0.3 is 29.6 Å². The summed E-state index contributed by atoms with van der Waals surface area (Å²) in [6, 6.07) is 5.77. The third kappa shape index (κ3) is 3.00. The Hall–Kier alpha value is 1.09. The molecule has 0 aliphatic heterocycles. The Morgan fingerprint density at radius 1 is 1.10 bits per heavy atom. The van der Waals surface area contributed by atoms with Crippen LogP contribution in [0.1, 0.15) is 0 Å². The first-order valence-corrected chi connectivity index (χ1v) is 3.36. The van der Waals surface area contributed by atoms with Crippen LogP contribution in [0.2, 0.25) is 15.1 Å². The number of hydrogen-bond donors (Lipinski definition) is 0. The van der Waals surface area contributed by atoms with Gasteiger partial charge in [-0.2, -0.15) is 23.7 Å². The zero-order valence-corrected chi connectivity index (χ0v) is 9.56. The summed E-state index contributed by atoms with van der Waals surface area (Å²) in [7, 11) is 0. The van der Waals surface area contributed by atoms with E-state index in [4.69, 9.17) is 34.8 Å². The zero-order chi connectivity index (χ0) is 6.85. The van der Waals surface area contributed by atoms with E-state index in [0.717, 1.165) is 0 Å². The summed E-state index contributed by atoms with van der Waals surface area (Å²) in [5.74, 6) is 0. The molecule has 0 aliphatic carbocycles. The molecule has 4 heteroatoms. The summed E-state index contributed by atoms with van der Waals surface area (Å²) in [4.78, 5) is 0. The molecule has 0 bridgehead atoms. The molecule has 0 fully saturated rings. The van der Waals surface area contributed by atoms with Crippen molar-refractivity contribution in [1.82, 2.24) is 0 Å². The Morgan fingerprint density at radius 3 is 2.10 bits per heavy atom. The summed E-state index contributed by atoms with van der Waals surface area (Å²) in [5.41, 5.74) is 0. The molecule has 1 rings (SSSR count). The molecule has 0 nitrogen and oxygen atoms in total. The van der Waals surface area contributed by atoms with Gasteiger partial charge in [-0.1, -0.05) is 10.0 Å². The molecule has 0 unspecified atom stereocenters. The zero-order valence-electron chi connectivity index (χ0n) is 5.29. The van der Waals surface area contributed by atoms with Crippen LogP contribution in [0, 0.1) is 6.07 Å². The molecule has 0 atom stereocenters. The van der Waals surface area contributed by atoms with Crippen LogP contribution in [-0.4, -0.2) is 0 Å². The summed E-state index contributed by atoms with van der Waals surface area (Å²) in [5, 5.41) is 1.41. The molecular formula is C6H2Cl3Na. The van der Waals surface area contributed by atoms with Crippen molar-refractivity contribution in [3.8, 4) is 0 Å². The quantitative estimate of drug-likeness (QED) is 0.326. The van der Waals surface area contributed by atoms with Crippen LogP contribution in [0.3, 0.4) is 0 Å². The topological polar surface area (TPSA) is 0 Å². The number of benzene rings is 1. The van der Waals surface area contributed by atoms with Crippen molar-refractivity contribution in [3.05, 3.63) is 33.3 Å². The standard InChI is InChI=1S/C6H2Cl3.Na/c7-4-1-2-5(8)6(9)3-4;/h2-3H;/q-1;+1. The SMILES string of the molecule is Clc1[c-]cc(Cl)c(Cl)c1.[Na+]. The number of halogens is 3. The van der Waals surface area contributed by atoms with E-state index >= 15 is 0 Å². The maximum atomic E-state index is 5.58. The molecule has 0 radical (unpaired) electrons. The second-order valence-electron chi connectivity index (χ2n) is 1.48. The molecule has 10 heavy (non-hydrogen) atoms. The van der Waals surface area contributed by atoms with Gasteiger partial charge in [-0.15, -0.1) is 29.3 Å². The molecule has 0 spiro atoms. The van der Waals surface area contributed by atoms with Gasteiger partial charge in [0.1, 0.15) is 0 Å². The third-order valence-electron chi connectivity index (χ3n) is 0.818. The monoisotopic (exact) mass is 202 g/mol. The summed E-state index contributed by atoms with van der Waals surface area (Å²) >= 11 is 16.7. The van der Waals surface area contributed by atoms with Crippen LogP contribution >= 0.6 is 34.8 Å². The third-order valence-corrected chi connectivity index (χ3v) is 1.76.